The molecule has 0 bridgehead atoms. The lowest BCUT2D eigenvalue weighted by Gasteiger charge is -2.28. The Kier molecular flexibility index (Phi) is 6.04. The maximum Gasteiger partial charge on any atom is 0.136 e. The maximum atomic E-state index is 9.08. The molecule has 0 saturated carbocycles. The summed E-state index contributed by atoms with van der Waals surface area (Å²) < 4.78 is 5.16. The van der Waals surface area contributed by atoms with Gasteiger partial charge in [-0.15, -0.1) is 0 Å². The SMILES string of the molecule is COc1ccc(CNCCC2CCN(C)CC2)cc1C#N. The van der Waals surface area contributed by atoms with Crippen LogP contribution in [0.15, 0.2) is 18.2 Å². The largest absolute Gasteiger partial charge is 0.495 e. The predicted octanol–water partition coefficient (Wildman–Crippen LogP) is 2.39. The van der Waals surface area contributed by atoms with Crippen molar-refractivity contribution in [1.82, 2.24) is 10.2 Å². The molecule has 1 aliphatic heterocycles. The molecule has 1 saturated heterocycles. The maximum absolute atomic E-state index is 9.08. The highest BCUT2D eigenvalue weighted by Crippen LogP contribution is 2.20. The van der Waals surface area contributed by atoms with Gasteiger partial charge in [-0.2, -0.15) is 5.26 Å². The quantitative estimate of drug-likeness (QED) is 0.816. The van der Waals surface area contributed by atoms with Gasteiger partial charge in [0.05, 0.1) is 12.7 Å². The van der Waals surface area contributed by atoms with Crippen LogP contribution in [0.2, 0.25) is 0 Å². The smallest absolute Gasteiger partial charge is 0.136 e. The van der Waals surface area contributed by atoms with Crippen LogP contribution in [0.4, 0.5) is 0 Å². The summed E-state index contributed by atoms with van der Waals surface area (Å²) in [6, 6.07) is 7.96. The Morgan fingerprint density at radius 3 is 2.81 bits per heavy atom. The van der Waals surface area contributed by atoms with E-state index < -0.39 is 0 Å². The van der Waals surface area contributed by atoms with Crippen molar-refractivity contribution in [1.29, 1.82) is 5.26 Å². The molecule has 4 nitrogen and oxygen atoms in total. The van der Waals surface area contributed by atoms with Crippen LogP contribution >= 0.6 is 0 Å². The second-order valence-corrected chi connectivity index (χ2v) is 5.86. The van der Waals surface area contributed by atoms with Crippen LogP contribution in [0.5, 0.6) is 5.75 Å². The number of nitrogens with one attached hydrogen (secondary N) is 1. The van der Waals surface area contributed by atoms with Gasteiger partial charge in [0.1, 0.15) is 11.8 Å². The Hall–Kier alpha value is -1.57. The van der Waals surface area contributed by atoms with Crippen LogP contribution in [0.25, 0.3) is 0 Å². The zero-order chi connectivity index (χ0) is 15.1. The third kappa shape index (κ3) is 4.73. The molecule has 0 atom stereocenters. The van der Waals surface area contributed by atoms with Crippen LogP contribution in [0.1, 0.15) is 30.4 Å². The van der Waals surface area contributed by atoms with Gasteiger partial charge < -0.3 is 15.0 Å². The average Bonchev–Trinajstić information content (AvgIpc) is 2.53. The van der Waals surface area contributed by atoms with Gasteiger partial charge in [-0.25, -0.2) is 0 Å². The number of piperidine rings is 1. The van der Waals surface area contributed by atoms with Crippen molar-refractivity contribution in [2.45, 2.75) is 25.8 Å². The van der Waals surface area contributed by atoms with Gasteiger partial charge >= 0.3 is 0 Å². The minimum Gasteiger partial charge on any atom is -0.495 e. The van der Waals surface area contributed by atoms with E-state index in [1.165, 1.54) is 32.4 Å². The Morgan fingerprint density at radius 1 is 1.38 bits per heavy atom. The molecule has 0 radical (unpaired) electrons. The Balaban J connectivity index is 1.72. The molecule has 0 amide bonds. The molecule has 114 valence electrons. The fourth-order valence-corrected chi connectivity index (χ4v) is 2.84. The van der Waals surface area contributed by atoms with Crippen LogP contribution in [0.3, 0.4) is 0 Å². The molecule has 1 fully saturated rings. The topological polar surface area (TPSA) is 48.3 Å². The summed E-state index contributed by atoms with van der Waals surface area (Å²) >= 11 is 0. The summed E-state index contributed by atoms with van der Waals surface area (Å²) in [5.74, 6) is 1.51. The number of benzene rings is 1. The molecule has 2 rings (SSSR count). The van der Waals surface area contributed by atoms with Crippen LogP contribution < -0.4 is 10.1 Å². The van der Waals surface area contributed by atoms with E-state index >= 15 is 0 Å². The van der Waals surface area contributed by atoms with Crippen molar-refractivity contribution >= 4 is 0 Å². The molecule has 0 aliphatic carbocycles. The Morgan fingerprint density at radius 2 is 2.14 bits per heavy atom. The number of nitrogens with zero attached hydrogens (tertiary/aromatic N) is 2. The second kappa shape index (κ2) is 8.02. The van der Waals surface area contributed by atoms with Crippen molar-refractivity contribution in [2.75, 3.05) is 33.8 Å². The summed E-state index contributed by atoms with van der Waals surface area (Å²) in [5, 5.41) is 12.6. The highest BCUT2D eigenvalue weighted by Gasteiger charge is 2.15. The summed E-state index contributed by atoms with van der Waals surface area (Å²) in [7, 11) is 3.79. The van der Waals surface area contributed by atoms with E-state index in [4.69, 9.17) is 10.00 Å². The Labute approximate surface area is 127 Å². The molecule has 21 heavy (non-hydrogen) atoms. The minimum atomic E-state index is 0.604. The van der Waals surface area contributed by atoms with E-state index in [0.717, 1.165) is 24.6 Å². The third-order valence-corrected chi connectivity index (χ3v) is 4.28. The molecule has 1 aromatic carbocycles. The number of nitriles is 1. The number of hydrogen-bond donors (Lipinski definition) is 1. The average molecular weight is 287 g/mol. The number of hydrogen-bond acceptors (Lipinski definition) is 4. The van der Waals surface area contributed by atoms with Gasteiger partial charge in [0.25, 0.3) is 0 Å². The first-order valence-corrected chi connectivity index (χ1v) is 7.69. The molecule has 4 heteroatoms. The highest BCUT2D eigenvalue weighted by atomic mass is 16.5. The summed E-state index contributed by atoms with van der Waals surface area (Å²) in [5.41, 5.74) is 1.74. The van der Waals surface area contributed by atoms with E-state index in [2.05, 4.69) is 23.3 Å². The number of likely N-dealkylation sites (tertiary alicyclic amines) is 1. The summed E-state index contributed by atoms with van der Waals surface area (Å²) in [4.78, 5) is 2.41. The van der Waals surface area contributed by atoms with E-state index in [1.54, 1.807) is 7.11 Å². The van der Waals surface area contributed by atoms with Gasteiger partial charge in [-0.1, -0.05) is 6.07 Å². The number of ether oxygens (including phenoxy) is 1. The first-order valence-electron chi connectivity index (χ1n) is 7.69. The lowest BCUT2D eigenvalue weighted by atomic mass is 9.94. The molecule has 0 spiro atoms. The number of rotatable bonds is 6. The normalized spacial score (nSPS) is 16.6. The van der Waals surface area contributed by atoms with E-state index in [9.17, 15) is 0 Å². The van der Waals surface area contributed by atoms with Gasteiger partial charge in [-0.05, 0) is 69.6 Å². The standard InChI is InChI=1S/C17H25N3O/c1-20-9-6-14(7-10-20)5-8-19-13-15-3-4-17(21-2)16(11-15)12-18/h3-4,11,14,19H,5-10,13H2,1-2H3. The van der Waals surface area contributed by atoms with Gasteiger partial charge in [0, 0.05) is 6.54 Å². The number of methoxy groups -OCH3 is 1. The molecule has 1 aliphatic rings. The van der Waals surface area contributed by atoms with Crippen molar-refractivity contribution in [3.63, 3.8) is 0 Å². The van der Waals surface area contributed by atoms with Crippen molar-refractivity contribution < 1.29 is 4.74 Å². The fourth-order valence-electron chi connectivity index (χ4n) is 2.84. The van der Waals surface area contributed by atoms with Crippen LogP contribution in [-0.4, -0.2) is 38.7 Å². The fraction of sp³-hybridized carbons (Fsp3) is 0.588. The zero-order valence-corrected chi connectivity index (χ0v) is 13.1. The zero-order valence-electron chi connectivity index (χ0n) is 13.1. The van der Waals surface area contributed by atoms with Gasteiger partial charge in [-0.3, -0.25) is 0 Å². The second-order valence-electron chi connectivity index (χ2n) is 5.86. The predicted molar refractivity (Wildman–Crippen MR) is 84.3 cm³/mol. The van der Waals surface area contributed by atoms with Crippen LogP contribution in [0, 0.1) is 17.2 Å². The highest BCUT2D eigenvalue weighted by molar-refractivity contribution is 5.45. The van der Waals surface area contributed by atoms with Gasteiger partial charge in [0.15, 0.2) is 0 Å². The molecule has 0 unspecified atom stereocenters. The first kappa shape index (κ1) is 15.8. The lowest BCUT2D eigenvalue weighted by molar-refractivity contribution is 0.211. The van der Waals surface area contributed by atoms with Crippen molar-refractivity contribution in [3.05, 3.63) is 29.3 Å². The monoisotopic (exact) mass is 287 g/mol. The van der Waals surface area contributed by atoms with E-state index in [-0.39, 0.29) is 0 Å². The van der Waals surface area contributed by atoms with E-state index in [1.807, 2.05) is 18.2 Å². The molecule has 1 heterocycles. The lowest BCUT2D eigenvalue weighted by Crippen LogP contribution is -2.31. The Bertz CT molecular complexity index is 487. The third-order valence-electron chi connectivity index (χ3n) is 4.28. The minimum absolute atomic E-state index is 0.604. The molecule has 1 N–H and O–H groups in total. The van der Waals surface area contributed by atoms with Crippen LogP contribution in [-0.2, 0) is 6.54 Å². The molecular formula is C17H25N3O. The molecule has 1 aromatic rings. The van der Waals surface area contributed by atoms with E-state index in [0.29, 0.717) is 11.3 Å². The summed E-state index contributed by atoms with van der Waals surface area (Å²) in [6.45, 7) is 4.32. The molecule has 0 aromatic heterocycles. The summed E-state index contributed by atoms with van der Waals surface area (Å²) in [6.07, 6.45) is 3.88. The first-order chi connectivity index (χ1) is 10.2. The van der Waals surface area contributed by atoms with Crippen molar-refractivity contribution in [2.24, 2.45) is 5.92 Å². The molecular weight excluding hydrogens is 262 g/mol. The van der Waals surface area contributed by atoms with Crippen molar-refractivity contribution in [3.8, 4) is 11.8 Å². The van der Waals surface area contributed by atoms with Gasteiger partial charge in [0.2, 0.25) is 0 Å².